The van der Waals surface area contributed by atoms with Crippen LogP contribution in [0, 0.1) is 18.8 Å². The number of aliphatic hydroxyl groups is 6. The molecule has 1 aromatic carbocycles. The normalized spacial score (nSPS) is 23.8. The van der Waals surface area contributed by atoms with E-state index in [4.69, 9.17) is 47.6 Å². The summed E-state index contributed by atoms with van der Waals surface area (Å²) in [7, 11) is 1.43. The van der Waals surface area contributed by atoms with Crippen LogP contribution in [0.4, 0.5) is 0 Å². The van der Waals surface area contributed by atoms with Gasteiger partial charge in [-0.2, -0.15) is 0 Å². The van der Waals surface area contributed by atoms with Gasteiger partial charge in [0.2, 0.25) is 11.6 Å². The summed E-state index contributed by atoms with van der Waals surface area (Å²) < 4.78 is 20.3. The van der Waals surface area contributed by atoms with Gasteiger partial charge >= 0.3 is 23.7 Å². The van der Waals surface area contributed by atoms with Gasteiger partial charge in [0, 0.05) is 61.8 Å². The predicted octanol–water partition coefficient (Wildman–Crippen LogP) is 5.11. The van der Waals surface area contributed by atoms with Gasteiger partial charge in [0.25, 0.3) is 5.78 Å². The van der Waals surface area contributed by atoms with Crippen LogP contribution in [0.25, 0.3) is 0 Å². The number of hydrogen-bond acceptors (Lipinski definition) is 20. The lowest BCUT2D eigenvalue weighted by Gasteiger charge is -2.47. The number of Topliss-reactive ketones (excluding diaryl/α,β-unsaturated/α-hetero) is 4. The average Bonchev–Trinajstić information content (AvgIpc) is 3.40. The molecule has 8 N–H and O–H groups in total. The zero-order valence-electron chi connectivity index (χ0n) is 46.4. The number of methoxy groups -OCH3 is 1. The van der Waals surface area contributed by atoms with Crippen molar-refractivity contribution in [2.45, 2.75) is 136 Å². The highest BCUT2D eigenvalue weighted by Gasteiger charge is 2.62. The number of aliphatic hydroxyl groups excluding tert-OH is 2. The lowest BCUT2D eigenvalue weighted by Crippen LogP contribution is -2.66. The van der Waals surface area contributed by atoms with E-state index in [1.165, 1.54) is 50.6 Å². The molecular weight excluding hydrogens is 1090 g/mol. The number of nitrogens with zero attached hydrogens (tertiary/aromatic N) is 1. The van der Waals surface area contributed by atoms with Crippen LogP contribution in [0.3, 0.4) is 0 Å². The summed E-state index contributed by atoms with van der Waals surface area (Å²) in [5.41, 5.74) is -3.52. The number of ketones is 4. The molecule has 80 heavy (non-hydrogen) atoms. The Labute approximate surface area is 473 Å². The Bertz CT molecular complexity index is 2870. The Kier molecular flexibility index (Phi) is 23.9. The van der Waals surface area contributed by atoms with Crippen LogP contribution >= 0.6 is 23.2 Å². The van der Waals surface area contributed by atoms with Crippen molar-refractivity contribution >= 4 is 70.5 Å². The van der Waals surface area contributed by atoms with Gasteiger partial charge < -0.3 is 64.7 Å². The van der Waals surface area contributed by atoms with Crippen molar-refractivity contribution in [2.75, 3.05) is 26.9 Å². The molecule has 0 saturated heterocycles. The quantitative estimate of drug-likeness (QED) is 0.0276. The van der Waals surface area contributed by atoms with E-state index in [2.05, 4.69) is 24.7 Å². The molecule has 23 heteroatoms. The molecule has 8 atom stereocenters. The number of halogens is 2. The van der Waals surface area contributed by atoms with E-state index in [0.29, 0.717) is 41.2 Å². The van der Waals surface area contributed by atoms with E-state index in [-0.39, 0.29) is 65.5 Å². The van der Waals surface area contributed by atoms with E-state index in [1.807, 2.05) is 26.8 Å². The van der Waals surface area contributed by atoms with E-state index in [9.17, 15) is 69.0 Å². The minimum absolute atomic E-state index is 0.0603. The van der Waals surface area contributed by atoms with Gasteiger partial charge in [-0.1, -0.05) is 81.5 Å². The molecule has 0 amide bonds. The van der Waals surface area contributed by atoms with Crippen molar-refractivity contribution in [3.8, 4) is 11.5 Å². The maximum atomic E-state index is 12.9. The number of benzene rings is 1. The molecule has 0 radical (unpaired) electrons. The summed E-state index contributed by atoms with van der Waals surface area (Å²) in [5, 5.41) is 79.7. The molecule has 2 aliphatic heterocycles. The van der Waals surface area contributed by atoms with Gasteiger partial charge in [-0.15, -0.1) is 0 Å². The number of ether oxygens (including phenoxy) is 4. The molecule has 0 bridgehead atoms. The minimum Gasteiger partial charge on any atom is -0.507 e. The first-order valence-corrected chi connectivity index (χ1v) is 26.1. The number of esters is 2. The predicted molar refractivity (Wildman–Crippen MR) is 291 cm³/mol. The number of rotatable bonds is 20. The molecule has 0 aromatic heterocycles. The molecule has 2 aliphatic carbocycles. The monoisotopic (exact) mass is 1160 g/mol. The second-order valence-electron chi connectivity index (χ2n) is 20.0. The molecule has 0 fully saturated rings. The largest absolute Gasteiger partial charge is 0.507 e. The van der Waals surface area contributed by atoms with Crippen molar-refractivity contribution < 1.29 is 98.2 Å². The average molecular weight is 1160 g/mol. The van der Waals surface area contributed by atoms with Crippen molar-refractivity contribution in [3.63, 3.8) is 0 Å². The van der Waals surface area contributed by atoms with Crippen molar-refractivity contribution in [3.05, 3.63) is 115 Å². The minimum atomic E-state index is -3.04. The lowest BCUT2D eigenvalue weighted by atomic mass is 9.71. The number of carboxylic acids is 1. The van der Waals surface area contributed by atoms with Crippen molar-refractivity contribution in [1.29, 1.82) is 0 Å². The molecule has 4 aliphatic rings. The molecule has 0 spiro atoms. The summed E-state index contributed by atoms with van der Waals surface area (Å²) in [4.78, 5) is 95.6. The van der Waals surface area contributed by atoms with Crippen LogP contribution in [-0.2, 0) is 54.2 Å². The lowest BCUT2D eigenvalue weighted by molar-refractivity contribution is -0.205. The van der Waals surface area contributed by atoms with E-state index >= 15 is 0 Å². The number of allylic oxidation sites excluding steroid dienone is 7. The Morgan fingerprint density at radius 1 is 0.975 bits per heavy atom. The van der Waals surface area contributed by atoms with Gasteiger partial charge in [-0.05, 0) is 88.0 Å². The third-order valence-electron chi connectivity index (χ3n) is 13.5. The summed E-state index contributed by atoms with van der Waals surface area (Å²) in [6.45, 7) is 15.2. The topological polar surface area (TPSA) is 339 Å². The molecule has 6 unspecified atom stereocenters. The third kappa shape index (κ3) is 15.9. The first-order valence-electron chi connectivity index (χ1n) is 25.3. The van der Waals surface area contributed by atoms with Gasteiger partial charge in [-0.3, -0.25) is 38.4 Å². The first-order chi connectivity index (χ1) is 37.1. The second kappa shape index (κ2) is 28.2. The number of carbonyl (C=O) groups excluding carboxylic acids is 7. The summed E-state index contributed by atoms with van der Waals surface area (Å²) in [6, 6.07) is 1.52. The number of aldehydes is 1. The molecule has 1 aromatic rings. The fraction of sp³-hybridized carbons (Fsp3) is 0.474. The van der Waals surface area contributed by atoms with Crippen LogP contribution in [0.1, 0.15) is 109 Å². The summed E-state index contributed by atoms with van der Waals surface area (Å²) >= 11 is 12.3. The maximum Gasteiger partial charge on any atom is 0.341 e. The third-order valence-corrected chi connectivity index (χ3v) is 14.3. The fourth-order valence-corrected chi connectivity index (χ4v) is 9.27. The Morgan fingerprint density at radius 2 is 1.61 bits per heavy atom. The van der Waals surface area contributed by atoms with Crippen molar-refractivity contribution in [2.24, 2.45) is 11.8 Å². The number of aliphatic carboxylic acids is 1. The number of carbonyl (C=O) groups is 8. The van der Waals surface area contributed by atoms with Crippen LogP contribution < -0.4 is 4.74 Å². The fourth-order valence-electron chi connectivity index (χ4n) is 8.58. The number of fused-ring (bicyclic) bond motifs is 2. The van der Waals surface area contributed by atoms with Crippen LogP contribution in [-0.4, -0.2) is 155 Å². The Hall–Kier alpha value is -6.56. The van der Waals surface area contributed by atoms with Crippen LogP contribution in [0.2, 0.25) is 0 Å². The molecule has 21 nitrogen and oxygen atoms in total. The van der Waals surface area contributed by atoms with Crippen molar-refractivity contribution in [1.82, 2.24) is 4.90 Å². The van der Waals surface area contributed by atoms with E-state index in [0.717, 1.165) is 32.8 Å². The summed E-state index contributed by atoms with van der Waals surface area (Å²) in [5.74, 6) is -8.91. The zero-order chi connectivity index (χ0) is 61.0. The van der Waals surface area contributed by atoms with E-state index in [1.54, 1.807) is 17.9 Å². The number of aromatic hydroxyl groups is 1. The second-order valence-corrected chi connectivity index (χ2v) is 20.8. The number of hydrogen-bond donors (Lipinski definition) is 8. The molecular formula is C57H71Cl2NO20. The smallest absolute Gasteiger partial charge is 0.341 e. The number of phenols is 1. The highest BCUT2D eigenvalue weighted by Crippen LogP contribution is 2.45. The standard InChI is InChI=1S/C24H28ClNO7.C21H29ClO8.C12H14O5/c1-5-14(2)11-15(3)8-9-17-12-18-19(13-26(17)10-6-7-20(28)29)22(30)24(32,33-16(4)27)23(31)21(18)25;1-6-11(2)16(24)19(4,26)8-7-13-9-14-15(22)17(25)20(5,27)18(30-12(3)23)21(14,28)10-29-13;1-7-11(17-2)4-8(3-9(15)5-13)10(6-14)12(7)16/h8-9,11-14,32H,5-7,10H2,1-4H3,(H,28,29);7-9,11,16,18,24,26-28H,6,10H2,1-5H3;4,6,13,16H,3,5H2,1-2H3/b9-8+,15-11+;8-7+;/t14-,24+;;/m0../s1. The molecule has 2 heterocycles. The van der Waals surface area contributed by atoms with Crippen LogP contribution in [0.5, 0.6) is 11.5 Å². The van der Waals surface area contributed by atoms with Crippen LogP contribution in [0.15, 0.2) is 98.6 Å². The van der Waals surface area contributed by atoms with Gasteiger partial charge in [0.05, 0.1) is 34.4 Å². The molecule has 5 rings (SSSR count). The first kappa shape index (κ1) is 67.7. The Balaban J connectivity index is 0.000000331. The SMILES string of the molecule is CCC(C)C(O)C(C)(O)/C=C/C1=CC2=C(Cl)C(=O)C(C)(O)C(OC(C)=O)C2(O)CO1.CC[C@H](C)/C=C(C)/C=C/C1=CC2=C(Cl)C(=O)[C@](O)(OC(C)=O)C(=O)C2=CN1CCCC(=O)O.COc1cc(CC(=O)CO)c(C=O)c(O)c1C. The van der Waals surface area contributed by atoms with Gasteiger partial charge in [0.1, 0.15) is 36.1 Å². The van der Waals surface area contributed by atoms with Gasteiger partial charge in [0.15, 0.2) is 29.4 Å². The highest BCUT2D eigenvalue weighted by molar-refractivity contribution is 6.49. The molecule has 0 saturated carbocycles. The van der Waals surface area contributed by atoms with E-state index < -0.39 is 99.1 Å². The Morgan fingerprint density at radius 3 is 2.15 bits per heavy atom. The number of carboxylic acid groups (broad SMARTS) is 1. The highest BCUT2D eigenvalue weighted by atomic mass is 35.5. The number of phenolic OH excluding ortho intramolecular Hbond substituents is 1. The summed E-state index contributed by atoms with van der Waals surface area (Å²) in [6.07, 6.45) is 12.2. The molecule has 438 valence electrons. The van der Waals surface area contributed by atoms with Gasteiger partial charge in [-0.25, -0.2) is 0 Å². The zero-order valence-corrected chi connectivity index (χ0v) is 47.9. The maximum absolute atomic E-state index is 12.9.